The van der Waals surface area contributed by atoms with Crippen molar-refractivity contribution in [1.29, 1.82) is 0 Å². The fraction of sp³-hybridized carbons (Fsp3) is 0.286. The smallest absolute Gasteiger partial charge is 0.271 e. The first-order chi connectivity index (χ1) is 13.8. The number of pyridine rings is 1. The van der Waals surface area contributed by atoms with E-state index < -0.39 is 5.91 Å². The largest absolute Gasteiger partial charge is 0.497 e. The zero-order valence-electron chi connectivity index (χ0n) is 17.0. The van der Waals surface area contributed by atoms with Crippen molar-refractivity contribution in [1.82, 2.24) is 20.1 Å². The summed E-state index contributed by atoms with van der Waals surface area (Å²) >= 11 is 6.26. The minimum absolute atomic E-state index is 0.130. The van der Waals surface area contributed by atoms with Crippen LogP contribution < -0.4 is 14.8 Å². The summed E-state index contributed by atoms with van der Waals surface area (Å²) < 4.78 is 12.4. The van der Waals surface area contributed by atoms with Crippen LogP contribution in [0.5, 0.6) is 11.5 Å². The normalized spacial score (nSPS) is 11.8. The molecule has 1 unspecified atom stereocenters. The van der Waals surface area contributed by atoms with Gasteiger partial charge in [-0.3, -0.25) is 4.79 Å². The first-order valence-corrected chi connectivity index (χ1v) is 9.44. The summed E-state index contributed by atoms with van der Waals surface area (Å²) in [7, 11) is 3.17. The summed E-state index contributed by atoms with van der Waals surface area (Å²) in [6.45, 7) is 5.68. The van der Waals surface area contributed by atoms with Crippen molar-refractivity contribution in [3.8, 4) is 17.3 Å². The molecular weight excluding hydrogens is 392 g/mol. The predicted molar refractivity (Wildman–Crippen MR) is 111 cm³/mol. The molecule has 0 aliphatic heterocycles. The molecule has 3 rings (SSSR count). The van der Waals surface area contributed by atoms with Gasteiger partial charge in [-0.15, -0.1) is 0 Å². The van der Waals surface area contributed by atoms with Crippen LogP contribution in [-0.2, 0) is 0 Å². The molecule has 0 spiro atoms. The molecule has 152 valence electrons. The number of rotatable bonds is 6. The predicted octanol–water partition coefficient (Wildman–Crippen LogP) is 4.05. The summed E-state index contributed by atoms with van der Waals surface area (Å²) in [6, 6.07) is 10.4. The number of hydrogen-bond donors (Lipinski definition) is 1. The molecule has 0 aliphatic rings. The van der Waals surface area contributed by atoms with Crippen LogP contribution in [0.4, 0.5) is 0 Å². The summed E-state index contributed by atoms with van der Waals surface area (Å²) in [5, 5.41) is 7.60. The number of ether oxygens (including phenoxy) is 2. The second kappa shape index (κ2) is 8.53. The van der Waals surface area contributed by atoms with Crippen LogP contribution in [0.3, 0.4) is 0 Å². The van der Waals surface area contributed by atoms with Crippen LogP contribution in [0.2, 0.25) is 5.02 Å². The maximum atomic E-state index is 12.9. The van der Waals surface area contributed by atoms with Gasteiger partial charge in [0.05, 0.1) is 31.0 Å². The first kappa shape index (κ1) is 20.7. The minimum Gasteiger partial charge on any atom is -0.497 e. The molecule has 2 aromatic heterocycles. The molecule has 1 atom stereocenters. The van der Waals surface area contributed by atoms with Gasteiger partial charge in [0.2, 0.25) is 0 Å². The van der Waals surface area contributed by atoms with Gasteiger partial charge >= 0.3 is 0 Å². The highest BCUT2D eigenvalue weighted by Gasteiger charge is 2.20. The summed E-state index contributed by atoms with van der Waals surface area (Å²) in [5.41, 5.74) is 2.69. The quantitative estimate of drug-likeness (QED) is 0.658. The summed E-state index contributed by atoms with van der Waals surface area (Å²) in [5.74, 6) is 1.45. The minimum atomic E-state index is -0.393. The molecular formula is C21H23ClN4O3. The van der Waals surface area contributed by atoms with Crippen LogP contribution in [0, 0.1) is 13.8 Å². The average molecular weight is 415 g/mol. The van der Waals surface area contributed by atoms with Crippen LogP contribution in [0.15, 0.2) is 36.4 Å². The van der Waals surface area contributed by atoms with Gasteiger partial charge in [-0.2, -0.15) is 5.10 Å². The maximum Gasteiger partial charge on any atom is 0.271 e. The molecule has 7 nitrogen and oxygen atoms in total. The molecule has 1 aromatic carbocycles. The fourth-order valence-electron chi connectivity index (χ4n) is 3.09. The monoisotopic (exact) mass is 414 g/mol. The van der Waals surface area contributed by atoms with Crippen molar-refractivity contribution < 1.29 is 14.3 Å². The second-order valence-corrected chi connectivity index (χ2v) is 7.05. The molecule has 0 saturated heterocycles. The third-order valence-electron chi connectivity index (χ3n) is 4.52. The van der Waals surface area contributed by atoms with Crippen LogP contribution in [-0.4, -0.2) is 34.9 Å². The molecule has 0 bridgehead atoms. The van der Waals surface area contributed by atoms with Crippen LogP contribution >= 0.6 is 11.6 Å². The molecule has 0 saturated carbocycles. The molecule has 0 aliphatic carbocycles. The summed E-state index contributed by atoms with van der Waals surface area (Å²) in [4.78, 5) is 17.4. The lowest BCUT2D eigenvalue weighted by atomic mass is 10.1. The van der Waals surface area contributed by atoms with Gasteiger partial charge in [0, 0.05) is 11.3 Å². The summed E-state index contributed by atoms with van der Waals surface area (Å²) in [6.07, 6.45) is 0. The number of amides is 1. The lowest BCUT2D eigenvalue weighted by molar-refractivity contribution is 0.0934. The van der Waals surface area contributed by atoms with Crippen LogP contribution in [0.25, 0.3) is 5.82 Å². The number of halogens is 1. The van der Waals surface area contributed by atoms with Crippen molar-refractivity contribution in [2.45, 2.75) is 26.8 Å². The van der Waals surface area contributed by atoms with Gasteiger partial charge in [-0.25, -0.2) is 9.67 Å². The fourth-order valence-corrected chi connectivity index (χ4v) is 3.28. The Balaban J connectivity index is 1.89. The van der Waals surface area contributed by atoms with E-state index in [1.54, 1.807) is 43.2 Å². The maximum absolute atomic E-state index is 12.9. The van der Waals surface area contributed by atoms with E-state index >= 15 is 0 Å². The van der Waals surface area contributed by atoms with E-state index in [1.165, 1.54) is 0 Å². The first-order valence-electron chi connectivity index (χ1n) is 9.07. The number of nitrogens with zero attached hydrogens (tertiary/aromatic N) is 3. The van der Waals surface area contributed by atoms with Crippen molar-refractivity contribution >= 4 is 17.5 Å². The van der Waals surface area contributed by atoms with E-state index in [4.69, 9.17) is 21.1 Å². The number of hydrogen-bond acceptors (Lipinski definition) is 5. The molecule has 0 radical (unpaired) electrons. The number of methoxy groups -OCH3 is 2. The Hall–Kier alpha value is -3.06. The Morgan fingerprint density at radius 1 is 1.14 bits per heavy atom. The van der Waals surface area contributed by atoms with Crippen LogP contribution in [0.1, 0.15) is 40.4 Å². The van der Waals surface area contributed by atoms with E-state index in [0.29, 0.717) is 17.3 Å². The van der Waals surface area contributed by atoms with E-state index in [1.807, 2.05) is 32.9 Å². The van der Waals surface area contributed by atoms with Crippen molar-refractivity contribution in [3.05, 3.63) is 64.1 Å². The van der Waals surface area contributed by atoms with E-state index in [2.05, 4.69) is 15.4 Å². The third-order valence-corrected chi connectivity index (χ3v) is 4.83. The Kier molecular flexibility index (Phi) is 6.08. The number of aryl methyl sites for hydroxylation is 2. The topological polar surface area (TPSA) is 78.3 Å². The zero-order valence-corrected chi connectivity index (χ0v) is 17.7. The van der Waals surface area contributed by atoms with Crippen molar-refractivity contribution in [2.24, 2.45) is 0 Å². The SMILES string of the molecule is COc1ccc(OC)c(C(C)NC(=O)c2nc(-n3nc(C)cc3C)ccc2Cl)c1. The number of carbonyl (C=O) groups excluding carboxylic acids is 1. The highest BCUT2D eigenvalue weighted by Crippen LogP contribution is 2.29. The third kappa shape index (κ3) is 4.35. The zero-order chi connectivity index (χ0) is 21.1. The Labute approximate surface area is 174 Å². The molecule has 29 heavy (non-hydrogen) atoms. The molecule has 1 N–H and O–H groups in total. The number of aromatic nitrogens is 3. The Morgan fingerprint density at radius 2 is 1.90 bits per heavy atom. The van der Waals surface area contributed by atoms with Gasteiger partial charge in [0.15, 0.2) is 5.82 Å². The standard InChI is InChI=1S/C21H23ClN4O3/c1-12-10-13(2)26(25-12)19-9-7-17(22)20(24-19)21(27)23-14(3)16-11-15(28-4)6-8-18(16)29-5/h6-11,14H,1-5H3,(H,23,27). The Morgan fingerprint density at radius 3 is 2.52 bits per heavy atom. The van der Waals surface area contributed by atoms with Gasteiger partial charge < -0.3 is 14.8 Å². The average Bonchev–Trinajstić information content (AvgIpc) is 3.05. The van der Waals surface area contributed by atoms with Crippen molar-refractivity contribution in [2.75, 3.05) is 14.2 Å². The van der Waals surface area contributed by atoms with Gasteiger partial charge in [0.25, 0.3) is 5.91 Å². The molecule has 0 fully saturated rings. The molecule has 1 amide bonds. The van der Waals surface area contributed by atoms with E-state index in [-0.39, 0.29) is 16.8 Å². The van der Waals surface area contributed by atoms with Gasteiger partial charge in [-0.1, -0.05) is 11.6 Å². The molecule has 8 heteroatoms. The second-order valence-electron chi connectivity index (χ2n) is 6.64. The number of carbonyl (C=O) groups is 1. The van der Waals surface area contributed by atoms with E-state index in [9.17, 15) is 4.79 Å². The van der Waals surface area contributed by atoms with Gasteiger partial charge in [0.1, 0.15) is 17.2 Å². The number of benzene rings is 1. The highest BCUT2D eigenvalue weighted by molar-refractivity contribution is 6.33. The lowest BCUT2D eigenvalue weighted by Gasteiger charge is -2.18. The van der Waals surface area contributed by atoms with E-state index in [0.717, 1.165) is 17.0 Å². The number of nitrogens with one attached hydrogen (secondary N) is 1. The lowest BCUT2D eigenvalue weighted by Crippen LogP contribution is -2.28. The molecule has 2 heterocycles. The van der Waals surface area contributed by atoms with Crippen molar-refractivity contribution in [3.63, 3.8) is 0 Å². The molecule has 3 aromatic rings. The Bertz CT molecular complexity index is 1050. The van der Waals surface area contributed by atoms with Gasteiger partial charge in [-0.05, 0) is 57.2 Å². The highest BCUT2D eigenvalue weighted by atomic mass is 35.5.